The first-order valence-electron chi connectivity index (χ1n) is 10.6. The SMILES string of the molecule is CCN(CCO)S(=O)c1ccc(Sc2c3c(n(CC(=O)O)c2C)CC(C)(C)CC3=O)cc1. The Morgan fingerprint density at radius 3 is 2.47 bits per heavy atom. The van der Waals surface area contributed by atoms with E-state index in [4.69, 9.17) is 5.11 Å². The molecule has 0 fully saturated rings. The van der Waals surface area contributed by atoms with E-state index in [2.05, 4.69) is 0 Å². The number of ketones is 1. The highest BCUT2D eigenvalue weighted by Gasteiger charge is 2.37. The van der Waals surface area contributed by atoms with Gasteiger partial charge in [0.2, 0.25) is 0 Å². The molecule has 1 aromatic heterocycles. The second-order valence-corrected chi connectivity index (χ2v) is 11.3. The van der Waals surface area contributed by atoms with Crippen molar-refractivity contribution in [3.05, 3.63) is 41.2 Å². The van der Waals surface area contributed by atoms with E-state index in [1.165, 1.54) is 11.8 Å². The Morgan fingerprint density at radius 1 is 1.25 bits per heavy atom. The lowest BCUT2D eigenvalue weighted by molar-refractivity contribution is -0.137. The van der Waals surface area contributed by atoms with Crippen LogP contribution in [0, 0.1) is 12.3 Å². The largest absolute Gasteiger partial charge is 0.480 e. The van der Waals surface area contributed by atoms with Gasteiger partial charge in [-0.25, -0.2) is 8.51 Å². The van der Waals surface area contributed by atoms with Crippen LogP contribution in [0.1, 0.15) is 48.9 Å². The number of aliphatic hydroxyl groups is 1. The van der Waals surface area contributed by atoms with E-state index in [9.17, 15) is 18.9 Å². The molecule has 1 unspecified atom stereocenters. The van der Waals surface area contributed by atoms with E-state index in [1.807, 2.05) is 39.8 Å². The first-order chi connectivity index (χ1) is 15.1. The van der Waals surface area contributed by atoms with Crippen molar-refractivity contribution in [2.75, 3.05) is 19.7 Å². The van der Waals surface area contributed by atoms with Crippen LogP contribution in [-0.2, 0) is 28.7 Å². The fourth-order valence-electron chi connectivity index (χ4n) is 4.12. The highest BCUT2D eigenvalue weighted by Crippen LogP contribution is 2.44. The monoisotopic (exact) mass is 478 g/mol. The normalized spacial score (nSPS) is 16.2. The number of hydrogen-bond donors (Lipinski definition) is 2. The van der Waals surface area contributed by atoms with Crippen LogP contribution in [0.4, 0.5) is 0 Å². The van der Waals surface area contributed by atoms with Crippen LogP contribution in [0.2, 0.25) is 0 Å². The highest BCUT2D eigenvalue weighted by atomic mass is 32.2. The third-order valence-electron chi connectivity index (χ3n) is 5.61. The Bertz CT molecular complexity index is 1040. The van der Waals surface area contributed by atoms with Crippen LogP contribution in [0.15, 0.2) is 39.0 Å². The molecular formula is C23H30N2O5S2. The second kappa shape index (κ2) is 9.91. The Morgan fingerprint density at radius 2 is 1.91 bits per heavy atom. The molecule has 0 saturated heterocycles. The molecule has 1 aliphatic carbocycles. The number of carboxylic acid groups (broad SMARTS) is 1. The molecule has 9 heteroatoms. The van der Waals surface area contributed by atoms with E-state index in [1.54, 1.807) is 21.0 Å². The van der Waals surface area contributed by atoms with Gasteiger partial charge in [-0.1, -0.05) is 32.5 Å². The number of nitrogens with zero attached hydrogens (tertiary/aromatic N) is 2. The fraction of sp³-hybridized carbons (Fsp3) is 0.478. The molecule has 0 aliphatic heterocycles. The lowest BCUT2D eigenvalue weighted by Gasteiger charge is -2.29. The molecule has 174 valence electrons. The average Bonchev–Trinajstić information content (AvgIpc) is 2.96. The smallest absolute Gasteiger partial charge is 0.323 e. The topological polar surface area (TPSA) is 99.8 Å². The molecule has 0 radical (unpaired) electrons. The molecule has 1 heterocycles. The standard InChI is InChI=1S/C23H30N2O5S2/c1-5-24(10-11-26)32(30)17-8-6-16(7-9-17)31-22-15(2)25(14-20(28)29)18-12-23(3,4)13-19(27)21(18)22/h6-9,26H,5,10-14H2,1-4H3,(H,28,29). The Hall–Kier alpha value is -1.94. The van der Waals surface area contributed by atoms with Crippen molar-refractivity contribution in [1.29, 1.82) is 0 Å². The van der Waals surface area contributed by atoms with Gasteiger partial charge in [0.1, 0.15) is 17.5 Å². The predicted molar refractivity (Wildman–Crippen MR) is 125 cm³/mol. The predicted octanol–water partition coefficient (Wildman–Crippen LogP) is 3.52. The Kier molecular flexibility index (Phi) is 7.65. The molecule has 3 rings (SSSR count). The molecule has 0 spiro atoms. The molecule has 0 saturated carbocycles. The number of aromatic nitrogens is 1. The number of likely N-dealkylation sites (N-methyl/N-ethyl adjacent to an activating group) is 1. The van der Waals surface area contributed by atoms with Crippen LogP contribution < -0.4 is 0 Å². The number of rotatable bonds is 9. The summed E-state index contributed by atoms with van der Waals surface area (Å²) in [4.78, 5) is 26.8. The van der Waals surface area contributed by atoms with Gasteiger partial charge in [-0.2, -0.15) is 0 Å². The summed E-state index contributed by atoms with van der Waals surface area (Å²) in [5, 5.41) is 18.6. The maximum Gasteiger partial charge on any atom is 0.323 e. The van der Waals surface area contributed by atoms with Crippen molar-refractivity contribution in [1.82, 2.24) is 8.87 Å². The van der Waals surface area contributed by atoms with E-state index in [0.717, 1.165) is 21.2 Å². The number of carbonyl (C=O) groups excluding carboxylic acids is 1. The minimum atomic E-state index is -1.36. The number of Topliss-reactive ketones (excluding diaryl/α,β-unsaturated/α-hetero) is 1. The van der Waals surface area contributed by atoms with Crippen LogP contribution >= 0.6 is 11.8 Å². The number of fused-ring (bicyclic) bond motifs is 1. The lowest BCUT2D eigenvalue weighted by Crippen LogP contribution is -2.29. The molecule has 32 heavy (non-hydrogen) atoms. The molecule has 2 aromatic rings. The van der Waals surface area contributed by atoms with Gasteiger partial charge in [0.25, 0.3) is 0 Å². The quantitative estimate of drug-likeness (QED) is 0.572. The minimum Gasteiger partial charge on any atom is -0.480 e. The molecule has 1 aromatic carbocycles. The molecule has 1 atom stereocenters. The van der Waals surface area contributed by atoms with Crippen LogP contribution in [0.5, 0.6) is 0 Å². The number of aliphatic carboxylic acids is 1. The summed E-state index contributed by atoms with van der Waals surface area (Å²) in [5.41, 5.74) is 2.01. The third kappa shape index (κ3) is 5.17. The third-order valence-corrected chi connectivity index (χ3v) is 8.41. The summed E-state index contributed by atoms with van der Waals surface area (Å²) in [6.45, 7) is 8.48. The summed E-state index contributed by atoms with van der Waals surface area (Å²) in [7, 11) is -1.36. The number of benzene rings is 1. The average molecular weight is 479 g/mol. The van der Waals surface area contributed by atoms with Gasteiger partial charge in [-0.3, -0.25) is 9.59 Å². The van der Waals surface area contributed by atoms with Crippen molar-refractivity contribution in [3.63, 3.8) is 0 Å². The maximum atomic E-state index is 13.0. The molecule has 0 bridgehead atoms. The highest BCUT2D eigenvalue weighted by molar-refractivity contribution is 7.99. The molecule has 2 N–H and O–H groups in total. The molecule has 7 nitrogen and oxygen atoms in total. The van der Waals surface area contributed by atoms with E-state index >= 15 is 0 Å². The van der Waals surface area contributed by atoms with Crippen molar-refractivity contribution in [3.8, 4) is 0 Å². The van der Waals surface area contributed by atoms with Crippen LogP contribution in [0.3, 0.4) is 0 Å². The fourth-order valence-corrected chi connectivity index (χ4v) is 6.37. The van der Waals surface area contributed by atoms with Crippen molar-refractivity contribution >= 4 is 34.5 Å². The minimum absolute atomic E-state index is 0.0475. The summed E-state index contributed by atoms with van der Waals surface area (Å²) in [6, 6.07) is 7.31. The molecular weight excluding hydrogens is 448 g/mol. The van der Waals surface area contributed by atoms with Gasteiger partial charge in [-0.15, -0.1) is 0 Å². The van der Waals surface area contributed by atoms with Gasteiger partial charge >= 0.3 is 5.97 Å². The van der Waals surface area contributed by atoms with Gasteiger partial charge in [0.15, 0.2) is 5.78 Å². The van der Waals surface area contributed by atoms with Gasteiger partial charge in [0, 0.05) is 40.7 Å². The molecule has 1 aliphatic rings. The zero-order valence-electron chi connectivity index (χ0n) is 18.9. The van der Waals surface area contributed by atoms with E-state index < -0.39 is 17.0 Å². The zero-order chi connectivity index (χ0) is 23.6. The second-order valence-electron chi connectivity index (χ2n) is 8.72. The number of carbonyl (C=O) groups is 2. The summed E-state index contributed by atoms with van der Waals surface area (Å²) in [5.74, 6) is -0.889. The Labute approximate surface area is 195 Å². The Balaban J connectivity index is 1.94. The van der Waals surface area contributed by atoms with Crippen LogP contribution in [0.25, 0.3) is 0 Å². The van der Waals surface area contributed by atoms with Gasteiger partial charge in [0.05, 0.1) is 17.1 Å². The molecule has 0 amide bonds. The first kappa shape index (κ1) is 24.7. The number of aliphatic hydroxyl groups excluding tert-OH is 1. The van der Waals surface area contributed by atoms with E-state index in [-0.39, 0.29) is 24.3 Å². The van der Waals surface area contributed by atoms with E-state index in [0.29, 0.717) is 36.4 Å². The lowest BCUT2D eigenvalue weighted by atomic mass is 9.76. The first-order valence-corrected chi connectivity index (χ1v) is 12.5. The van der Waals surface area contributed by atoms with Gasteiger partial charge < -0.3 is 14.8 Å². The summed E-state index contributed by atoms with van der Waals surface area (Å²) < 4.78 is 16.2. The summed E-state index contributed by atoms with van der Waals surface area (Å²) >= 11 is 1.44. The van der Waals surface area contributed by atoms with Gasteiger partial charge in [-0.05, 0) is 43.0 Å². The number of hydrogen-bond acceptors (Lipinski definition) is 5. The van der Waals surface area contributed by atoms with Crippen molar-refractivity contribution in [2.45, 2.75) is 61.8 Å². The maximum absolute atomic E-state index is 13.0. The zero-order valence-corrected chi connectivity index (χ0v) is 20.5. The van der Waals surface area contributed by atoms with Crippen LogP contribution in [-0.4, -0.2) is 54.7 Å². The van der Waals surface area contributed by atoms with Crippen molar-refractivity contribution in [2.24, 2.45) is 5.41 Å². The van der Waals surface area contributed by atoms with Crippen molar-refractivity contribution < 1.29 is 24.0 Å². The number of carboxylic acids is 1. The summed E-state index contributed by atoms with van der Waals surface area (Å²) in [6.07, 6.45) is 1.08.